The third kappa shape index (κ3) is 18.3. The van der Waals surface area contributed by atoms with Crippen molar-refractivity contribution >= 4 is 17.7 Å². The van der Waals surface area contributed by atoms with E-state index in [1.807, 2.05) is 0 Å². The number of carbonyl (C=O) groups excluding carboxylic acids is 3. The number of aliphatic hydroxyl groups excluding tert-OH is 2. The standard InChI is InChI=1S/C21H41N3O9/c1-3-17(25)22-9-5-4-6-16(21(30)31)24-19(27)14-33-13-12-32-11-10-23-18(26)8-7-15(2)20(28)29/h15-16,20-21,28-31H,3-14H2,1-2H3,(H,22,25)(H,23,26)(H,24,27). The van der Waals surface area contributed by atoms with E-state index in [0.717, 1.165) is 0 Å². The normalized spacial score (nSPS) is 13.1. The Morgan fingerprint density at radius 1 is 0.788 bits per heavy atom. The molecule has 33 heavy (non-hydrogen) atoms. The average Bonchev–Trinajstić information content (AvgIpc) is 2.77. The predicted octanol–water partition coefficient (Wildman–Crippen LogP) is -1.65. The van der Waals surface area contributed by atoms with E-state index in [9.17, 15) is 24.6 Å². The van der Waals surface area contributed by atoms with Crippen molar-refractivity contribution in [2.45, 2.75) is 71.0 Å². The molecule has 2 atom stereocenters. The van der Waals surface area contributed by atoms with E-state index in [0.29, 0.717) is 45.2 Å². The van der Waals surface area contributed by atoms with Crippen molar-refractivity contribution in [1.82, 2.24) is 16.0 Å². The molecule has 0 aliphatic carbocycles. The van der Waals surface area contributed by atoms with Crippen molar-refractivity contribution < 1.29 is 44.3 Å². The molecule has 0 aliphatic heterocycles. The maximum atomic E-state index is 11.9. The molecule has 12 nitrogen and oxygen atoms in total. The van der Waals surface area contributed by atoms with E-state index in [4.69, 9.17) is 19.7 Å². The van der Waals surface area contributed by atoms with Gasteiger partial charge >= 0.3 is 0 Å². The summed E-state index contributed by atoms with van der Waals surface area (Å²) in [5.74, 6) is -1.11. The van der Waals surface area contributed by atoms with Gasteiger partial charge in [0.05, 0.1) is 25.9 Å². The first-order valence-electron chi connectivity index (χ1n) is 11.4. The molecule has 0 fully saturated rings. The Hall–Kier alpha value is -1.83. The number of hydrogen-bond donors (Lipinski definition) is 7. The van der Waals surface area contributed by atoms with Gasteiger partial charge in [0, 0.05) is 31.8 Å². The minimum atomic E-state index is -1.70. The average molecular weight is 480 g/mol. The van der Waals surface area contributed by atoms with Crippen LogP contribution in [0.25, 0.3) is 0 Å². The van der Waals surface area contributed by atoms with Gasteiger partial charge in [0.2, 0.25) is 17.7 Å². The van der Waals surface area contributed by atoms with Gasteiger partial charge in [0.1, 0.15) is 6.61 Å². The molecular formula is C21H41N3O9. The second kappa shape index (κ2) is 19.6. The molecule has 0 bridgehead atoms. The topological polar surface area (TPSA) is 187 Å². The monoisotopic (exact) mass is 479 g/mol. The second-order valence-electron chi connectivity index (χ2n) is 7.73. The van der Waals surface area contributed by atoms with E-state index >= 15 is 0 Å². The highest BCUT2D eigenvalue weighted by molar-refractivity contribution is 5.77. The van der Waals surface area contributed by atoms with Gasteiger partial charge in [-0.3, -0.25) is 14.4 Å². The van der Waals surface area contributed by atoms with E-state index in [1.54, 1.807) is 13.8 Å². The quantitative estimate of drug-likeness (QED) is 0.0793. The summed E-state index contributed by atoms with van der Waals surface area (Å²) in [5, 5.41) is 44.6. The molecule has 0 spiro atoms. The first kappa shape index (κ1) is 31.2. The lowest BCUT2D eigenvalue weighted by Gasteiger charge is -2.20. The van der Waals surface area contributed by atoms with Crippen LogP contribution in [0.1, 0.15) is 52.4 Å². The third-order valence-electron chi connectivity index (χ3n) is 4.80. The number of unbranched alkanes of at least 4 members (excludes halogenated alkanes) is 1. The van der Waals surface area contributed by atoms with Crippen LogP contribution in [0.2, 0.25) is 0 Å². The predicted molar refractivity (Wildman–Crippen MR) is 119 cm³/mol. The van der Waals surface area contributed by atoms with Crippen molar-refractivity contribution in [2.75, 3.05) is 39.5 Å². The van der Waals surface area contributed by atoms with Gasteiger partial charge in [-0.2, -0.15) is 0 Å². The van der Waals surface area contributed by atoms with Crippen molar-refractivity contribution in [2.24, 2.45) is 5.92 Å². The van der Waals surface area contributed by atoms with E-state index in [-0.39, 0.29) is 50.6 Å². The van der Waals surface area contributed by atoms with Gasteiger partial charge in [-0.15, -0.1) is 0 Å². The fourth-order valence-corrected chi connectivity index (χ4v) is 2.63. The van der Waals surface area contributed by atoms with Crippen LogP contribution in [0.5, 0.6) is 0 Å². The van der Waals surface area contributed by atoms with Crippen LogP contribution in [0.4, 0.5) is 0 Å². The summed E-state index contributed by atoms with van der Waals surface area (Å²) in [7, 11) is 0. The van der Waals surface area contributed by atoms with Gasteiger partial charge in [-0.25, -0.2) is 0 Å². The van der Waals surface area contributed by atoms with E-state index in [1.165, 1.54) is 0 Å². The lowest BCUT2D eigenvalue weighted by molar-refractivity contribution is -0.132. The van der Waals surface area contributed by atoms with Gasteiger partial charge in [-0.05, 0) is 25.7 Å². The smallest absolute Gasteiger partial charge is 0.246 e. The summed E-state index contributed by atoms with van der Waals surface area (Å²) in [4.78, 5) is 34.7. The van der Waals surface area contributed by atoms with Crippen molar-refractivity contribution in [3.63, 3.8) is 0 Å². The zero-order valence-electron chi connectivity index (χ0n) is 19.6. The molecule has 7 N–H and O–H groups in total. The molecule has 0 rings (SSSR count). The fraction of sp³-hybridized carbons (Fsp3) is 0.857. The molecule has 194 valence electrons. The Labute approximate surface area is 195 Å². The minimum Gasteiger partial charge on any atom is -0.377 e. The molecule has 0 saturated heterocycles. The highest BCUT2D eigenvalue weighted by atomic mass is 16.5. The molecule has 0 aromatic rings. The molecule has 0 aromatic carbocycles. The van der Waals surface area contributed by atoms with Crippen LogP contribution in [-0.2, 0) is 23.9 Å². The summed E-state index contributed by atoms with van der Waals surface area (Å²) in [6.45, 7) is 4.56. The van der Waals surface area contributed by atoms with Crippen LogP contribution in [0.15, 0.2) is 0 Å². The summed E-state index contributed by atoms with van der Waals surface area (Å²) >= 11 is 0. The number of aliphatic hydroxyl groups is 4. The van der Waals surface area contributed by atoms with Crippen LogP contribution < -0.4 is 16.0 Å². The maximum Gasteiger partial charge on any atom is 0.246 e. The summed E-state index contributed by atoms with van der Waals surface area (Å²) in [6.07, 6.45) is -0.567. The number of ether oxygens (including phenoxy) is 2. The molecule has 0 aliphatic rings. The van der Waals surface area contributed by atoms with Crippen molar-refractivity contribution in [3.8, 4) is 0 Å². The summed E-state index contributed by atoms with van der Waals surface area (Å²) < 4.78 is 10.5. The van der Waals surface area contributed by atoms with E-state index in [2.05, 4.69) is 16.0 Å². The number of hydrogen-bond acceptors (Lipinski definition) is 9. The van der Waals surface area contributed by atoms with E-state index < -0.39 is 24.5 Å². The largest absolute Gasteiger partial charge is 0.377 e. The molecule has 0 saturated carbocycles. The molecule has 3 amide bonds. The number of carbonyl (C=O) groups is 3. The zero-order valence-corrected chi connectivity index (χ0v) is 19.6. The second-order valence-corrected chi connectivity index (χ2v) is 7.73. The van der Waals surface area contributed by atoms with Crippen LogP contribution in [0.3, 0.4) is 0 Å². The first-order valence-corrected chi connectivity index (χ1v) is 11.4. The van der Waals surface area contributed by atoms with Crippen molar-refractivity contribution in [1.29, 1.82) is 0 Å². The molecule has 0 heterocycles. The summed E-state index contributed by atoms with van der Waals surface area (Å²) in [5.41, 5.74) is 0. The highest BCUT2D eigenvalue weighted by Crippen LogP contribution is 2.08. The molecular weight excluding hydrogens is 438 g/mol. The van der Waals surface area contributed by atoms with Crippen LogP contribution in [0, 0.1) is 5.92 Å². The molecule has 0 radical (unpaired) electrons. The number of amides is 3. The van der Waals surface area contributed by atoms with Gasteiger partial charge in [-0.1, -0.05) is 13.8 Å². The SMILES string of the molecule is CCC(=O)NCCCCC(NC(=O)COCCOCCNC(=O)CCC(C)C(O)O)C(O)O. The van der Waals surface area contributed by atoms with Crippen LogP contribution in [-0.4, -0.2) is 96.3 Å². The molecule has 0 aromatic heterocycles. The lowest BCUT2D eigenvalue weighted by atomic mass is 10.1. The Bertz CT molecular complexity index is 547. The van der Waals surface area contributed by atoms with Crippen LogP contribution >= 0.6 is 0 Å². The maximum absolute atomic E-state index is 11.9. The Morgan fingerprint density at radius 3 is 2.09 bits per heavy atom. The Kier molecular flexibility index (Phi) is 18.5. The van der Waals surface area contributed by atoms with Gasteiger partial charge < -0.3 is 45.9 Å². The highest BCUT2D eigenvalue weighted by Gasteiger charge is 2.18. The number of nitrogens with one attached hydrogen (secondary N) is 3. The first-order chi connectivity index (χ1) is 15.7. The minimum absolute atomic E-state index is 0.0432. The Morgan fingerprint density at radius 2 is 1.45 bits per heavy atom. The van der Waals surface area contributed by atoms with Gasteiger partial charge in [0.15, 0.2) is 12.6 Å². The van der Waals surface area contributed by atoms with Gasteiger partial charge in [0.25, 0.3) is 0 Å². The lowest BCUT2D eigenvalue weighted by Crippen LogP contribution is -2.44. The zero-order chi connectivity index (χ0) is 25.1. The van der Waals surface area contributed by atoms with Crippen molar-refractivity contribution in [3.05, 3.63) is 0 Å². The fourth-order valence-electron chi connectivity index (χ4n) is 2.63. The third-order valence-corrected chi connectivity index (χ3v) is 4.80. The summed E-state index contributed by atoms with van der Waals surface area (Å²) in [6, 6.07) is -0.827. The molecule has 2 unspecified atom stereocenters. The molecule has 12 heteroatoms. The Balaban J connectivity index is 3.75. The number of rotatable bonds is 20.